The fourth-order valence-electron chi connectivity index (χ4n) is 2.16. The van der Waals surface area contributed by atoms with Gasteiger partial charge in [0.1, 0.15) is 5.75 Å². The molecule has 0 aliphatic rings. The lowest BCUT2D eigenvalue weighted by Crippen LogP contribution is -2.10. The topological polar surface area (TPSA) is 67.0 Å². The third kappa shape index (κ3) is 3.40. The first-order valence-electron chi connectivity index (χ1n) is 7.03. The molecule has 122 valence electrons. The first-order valence-corrected chi connectivity index (χ1v) is 7.03. The van der Waals surface area contributed by atoms with Gasteiger partial charge < -0.3 is 10.1 Å². The smallest absolute Gasteiger partial charge is 0.252 e. The van der Waals surface area contributed by atoms with Crippen LogP contribution in [-0.4, -0.2) is 17.1 Å². The molecule has 3 rings (SSSR count). The van der Waals surface area contributed by atoms with Gasteiger partial charge in [0, 0.05) is 23.4 Å². The molecule has 1 heterocycles. The van der Waals surface area contributed by atoms with E-state index in [4.69, 9.17) is 4.74 Å². The molecule has 0 atom stereocenters. The van der Waals surface area contributed by atoms with Gasteiger partial charge in [-0.15, -0.1) is 0 Å². The molecule has 2 aromatic carbocycles. The molecule has 0 spiro atoms. The lowest BCUT2D eigenvalue weighted by atomic mass is 10.1. The number of anilines is 2. The van der Waals surface area contributed by atoms with Crippen molar-refractivity contribution in [2.24, 2.45) is 0 Å². The van der Waals surface area contributed by atoms with Crippen molar-refractivity contribution >= 4 is 11.6 Å². The van der Waals surface area contributed by atoms with Crippen LogP contribution in [0.4, 0.5) is 20.4 Å². The molecule has 0 aliphatic carbocycles. The zero-order valence-electron chi connectivity index (χ0n) is 12.6. The Balaban J connectivity index is 1.96. The minimum Gasteiger partial charge on any atom is -0.497 e. The Bertz CT molecular complexity index is 941. The third-order valence-electron chi connectivity index (χ3n) is 3.29. The van der Waals surface area contributed by atoms with Crippen LogP contribution in [0.1, 0.15) is 0 Å². The summed E-state index contributed by atoms with van der Waals surface area (Å²) in [5.41, 5.74) is 0.990. The van der Waals surface area contributed by atoms with Gasteiger partial charge in [-0.2, -0.15) is 0 Å². The van der Waals surface area contributed by atoms with Crippen molar-refractivity contribution in [1.82, 2.24) is 9.97 Å². The second kappa shape index (κ2) is 6.49. The Kier molecular flexibility index (Phi) is 4.24. The van der Waals surface area contributed by atoms with Crippen molar-refractivity contribution in [1.29, 1.82) is 0 Å². The van der Waals surface area contributed by atoms with E-state index in [1.54, 1.807) is 31.4 Å². The minimum absolute atomic E-state index is 0.117. The maximum absolute atomic E-state index is 13.3. The molecule has 0 radical (unpaired) electrons. The Morgan fingerprint density at radius 2 is 1.92 bits per heavy atom. The number of halogens is 2. The zero-order valence-corrected chi connectivity index (χ0v) is 12.6. The number of rotatable bonds is 4. The number of aromatic nitrogens is 2. The lowest BCUT2D eigenvalue weighted by Gasteiger charge is -2.08. The SMILES string of the molecule is COc1cccc(-c2cc(=O)[nH]c(Nc3ccc(F)c(F)c3)n2)c1. The zero-order chi connectivity index (χ0) is 17.1. The van der Waals surface area contributed by atoms with E-state index in [1.165, 1.54) is 12.1 Å². The number of aromatic amines is 1. The fourth-order valence-corrected chi connectivity index (χ4v) is 2.16. The van der Waals surface area contributed by atoms with Crippen LogP contribution in [-0.2, 0) is 0 Å². The summed E-state index contributed by atoms with van der Waals surface area (Å²) >= 11 is 0. The third-order valence-corrected chi connectivity index (χ3v) is 3.29. The van der Waals surface area contributed by atoms with Crippen molar-refractivity contribution in [3.8, 4) is 17.0 Å². The highest BCUT2D eigenvalue weighted by molar-refractivity contribution is 5.63. The van der Waals surface area contributed by atoms with Gasteiger partial charge in [0.25, 0.3) is 5.56 Å². The van der Waals surface area contributed by atoms with Crippen LogP contribution in [0.3, 0.4) is 0 Å². The molecule has 0 aliphatic heterocycles. The highest BCUT2D eigenvalue weighted by atomic mass is 19.2. The van der Waals surface area contributed by atoms with Crippen LogP contribution >= 0.6 is 0 Å². The van der Waals surface area contributed by atoms with E-state index in [-0.39, 0.29) is 17.2 Å². The van der Waals surface area contributed by atoms with Gasteiger partial charge in [-0.1, -0.05) is 12.1 Å². The standard InChI is InChI=1S/C17H13F2N3O2/c1-24-12-4-2-3-10(7-12)15-9-16(23)22-17(21-15)20-11-5-6-13(18)14(19)8-11/h2-9H,1H3,(H2,20,21,22,23). The number of benzene rings is 2. The number of hydrogen-bond donors (Lipinski definition) is 2. The number of hydrogen-bond acceptors (Lipinski definition) is 4. The van der Waals surface area contributed by atoms with Gasteiger partial charge in [-0.3, -0.25) is 9.78 Å². The van der Waals surface area contributed by atoms with E-state index in [2.05, 4.69) is 15.3 Å². The summed E-state index contributed by atoms with van der Waals surface area (Å²) in [7, 11) is 1.54. The highest BCUT2D eigenvalue weighted by Crippen LogP contribution is 2.23. The van der Waals surface area contributed by atoms with Gasteiger partial charge in [0.05, 0.1) is 12.8 Å². The molecule has 0 saturated carbocycles. The van der Waals surface area contributed by atoms with Crippen LogP contribution in [0, 0.1) is 11.6 Å². The van der Waals surface area contributed by atoms with Crippen LogP contribution in [0.5, 0.6) is 5.75 Å². The second-order valence-corrected chi connectivity index (χ2v) is 4.97. The average molecular weight is 329 g/mol. The first kappa shape index (κ1) is 15.7. The molecule has 0 saturated heterocycles. The van der Waals surface area contributed by atoms with E-state index >= 15 is 0 Å². The first-order chi connectivity index (χ1) is 11.5. The summed E-state index contributed by atoms with van der Waals surface area (Å²) in [4.78, 5) is 18.6. The van der Waals surface area contributed by atoms with Gasteiger partial charge in [-0.25, -0.2) is 13.8 Å². The average Bonchev–Trinajstić information content (AvgIpc) is 2.58. The molecule has 0 unspecified atom stereocenters. The van der Waals surface area contributed by atoms with Crippen molar-refractivity contribution in [3.05, 3.63) is 70.5 Å². The Morgan fingerprint density at radius 3 is 2.67 bits per heavy atom. The number of nitrogens with one attached hydrogen (secondary N) is 2. The molecule has 3 aromatic rings. The van der Waals surface area contributed by atoms with E-state index in [0.717, 1.165) is 12.1 Å². The number of nitrogens with zero attached hydrogens (tertiary/aromatic N) is 1. The maximum Gasteiger partial charge on any atom is 0.252 e. The van der Waals surface area contributed by atoms with Crippen LogP contribution in [0.25, 0.3) is 11.3 Å². The molecule has 5 nitrogen and oxygen atoms in total. The number of methoxy groups -OCH3 is 1. The van der Waals surface area contributed by atoms with Crippen LogP contribution in [0.2, 0.25) is 0 Å². The van der Waals surface area contributed by atoms with Crippen molar-refractivity contribution in [2.75, 3.05) is 12.4 Å². The van der Waals surface area contributed by atoms with Crippen LogP contribution in [0.15, 0.2) is 53.3 Å². The van der Waals surface area contributed by atoms with Crippen molar-refractivity contribution in [2.45, 2.75) is 0 Å². The molecule has 2 N–H and O–H groups in total. The Hall–Kier alpha value is -3.22. The monoisotopic (exact) mass is 329 g/mol. The summed E-state index contributed by atoms with van der Waals surface area (Å²) in [6.45, 7) is 0. The van der Waals surface area contributed by atoms with Crippen molar-refractivity contribution < 1.29 is 13.5 Å². The molecule has 0 bridgehead atoms. The molecular weight excluding hydrogens is 316 g/mol. The fraction of sp³-hybridized carbons (Fsp3) is 0.0588. The number of ether oxygens (including phenoxy) is 1. The summed E-state index contributed by atoms with van der Waals surface area (Å²) in [5.74, 6) is -1.20. The molecule has 7 heteroatoms. The van der Waals surface area contributed by atoms with Gasteiger partial charge in [0.2, 0.25) is 5.95 Å². The summed E-state index contributed by atoms with van der Waals surface area (Å²) in [6, 6.07) is 11.7. The summed E-state index contributed by atoms with van der Waals surface area (Å²) in [6.07, 6.45) is 0. The van der Waals surface area contributed by atoms with E-state index in [9.17, 15) is 13.6 Å². The lowest BCUT2D eigenvalue weighted by molar-refractivity contribution is 0.415. The second-order valence-electron chi connectivity index (χ2n) is 4.97. The largest absolute Gasteiger partial charge is 0.497 e. The highest BCUT2D eigenvalue weighted by Gasteiger charge is 2.07. The van der Waals surface area contributed by atoms with Gasteiger partial charge >= 0.3 is 0 Å². The predicted molar refractivity (Wildman–Crippen MR) is 86.5 cm³/mol. The molecule has 24 heavy (non-hydrogen) atoms. The summed E-state index contributed by atoms with van der Waals surface area (Å²) in [5, 5.41) is 2.75. The summed E-state index contributed by atoms with van der Waals surface area (Å²) < 4.78 is 31.4. The van der Waals surface area contributed by atoms with E-state index < -0.39 is 11.6 Å². The molecule has 1 aromatic heterocycles. The minimum atomic E-state index is -0.994. The Labute approximate surface area is 136 Å². The Morgan fingerprint density at radius 1 is 1.08 bits per heavy atom. The van der Waals surface area contributed by atoms with Gasteiger partial charge in [-0.05, 0) is 24.3 Å². The predicted octanol–water partition coefficient (Wildman–Crippen LogP) is 3.47. The molecule has 0 amide bonds. The molecular formula is C17H13F2N3O2. The van der Waals surface area contributed by atoms with Gasteiger partial charge in [0.15, 0.2) is 11.6 Å². The normalized spacial score (nSPS) is 10.5. The van der Waals surface area contributed by atoms with Crippen LogP contribution < -0.4 is 15.6 Å². The quantitative estimate of drug-likeness (QED) is 0.769. The van der Waals surface area contributed by atoms with E-state index in [1.807, 2.05) is 0 Å². The number of H-pyrrole nitrogens is 1. The van der Waals surface area contributed by atoms with Crippen molar-refractivity contribution in [3.63, 3.8) is 0 Å². The maximum atomic E-state index is 13.3. The molecule has 0 fully saturated rings. The van der Waals surface area contributed by atoms with E-state index in [0.29, 0.717) is 17.0 Å².